The molecule has 3 aromatic rings. The molecule has 3 rings (SSSR count). The Morgan fingerprint density at radius 3 is 2.50 bits per heavy atom. The van der Waals surface area contributed by atoms with Gasteiger partial charge in [0.2, 0.25) is 0 Å². The molecule has 1 aromatic carbocycles. The average Bonchev–Trinajstić information content (AvgIpc) is 2.98. The molecule has 0 aliphatic carbocycles. The van der Waals surface area contributed by atoms with Crippen molar-refractivity contribution in [3.05, 3.63) is 29.8 Å². The van der Waals surface area contributed by atoms with Gasteiger partial charge in [-0.2, -0.15) is 0 Å². The van der Waals surface area contributed by atoms with Gasteiger partial charge in [-0.25, -0.2) is 0 Å². The molecule has 0 spiro atoms. The van der Waals surface area contributed by atoms with Crippen molar-refractivity contribution >= 4 is 55.4 Å². The van der Waals surface area contributed by atoms with Crippen LogP contribution in [0.5, 0.6) is 0 Å². The molecule has 2 nitrogen and oxygen atoms in total. The number of fused-ring (bicyclic) bond motifs is 1. The molecule has 0 N–H and O–H groups in total. The summed E-state index contributed by atoms with van der Waals surface area (Å²) in [6.45, 7) is 0. The fourth-order valence-electron chi connectivity index (χ4n) is 1.97. The third-order valence-corrected chi connectivity index (χ3v) is 14.2. The second-order valence-corrected chi connectivity index (χ2v) is 22.6. The van der Waals surface area contributed by atoms with Crippen molar-refractivity contribution in [2.75, 3.05) is 0 Å². The van der Waals surface area contributed by atoms with Crippen LogP contribution in [0.2, 0.25) is 14.8 Å². The summed E-state index contributed by atoms with van der Waals surface area (Å²) >= 11 is 0.339. The van der Waals surface area contributed by atoms with Crippen molar-refractivity contribution in [3.8, 4) is 10.4 Å². The van der Waals surface area contributed by atoms with Gasteiger partial charge >= 0.3 is 128 Å². The Hall–Kier alpha value is -0.601. The number of hydrogen-bond acceptors (Lipinski definition) is 4. The predicted octanol–water partition coefficient (Wildman–Crippen LogP) is 4.24. The van der Waals surface area contributed by atoms with Crippen LogP contribution in [-0.2, 0) is 0 Å². The Morgan fingerprint density at radius 1 is 1.10 bits per heavy atom. The normalized spacial score (nSPS) is 12.2. The van der Waals surface area contributed by atoms with Gasteiger partial charge in [0.15, 0.2) is 0 Å². The quantitative estimate of drug-likeness (QED) is 0.584. The van der Waals surface area contributed by atoms with E-state index in [1.54, 1.807) is 11.3 Å². The number of hydrogen-bond donors (Lipinski definition) is 0. The van der Waals surface area contributed by atoms with Crippen molar-refractivity contribution in [1.82, 2.24) is 8.75 Å². The summed E-state index contributed by atoms with van der Waals surface area (Å²) in [6, 6.07) is 5.03. The molecule has 20 heavy (non-hydrogen) atoms. The minimum absolute atomic E-state index is 0.250. The second kappa shape index (κ2) is 4.99. The number of halogens is 2. The van der Waals surface area contributed by atoms with E-state index in [1.165, 1.54) is 2.89 Å². The summed E-state index contributed by atoms with van der Waals surface area (Å²) in [5, 5.41) is 0. The van der Waals surface area contributed by atoms with Gasteiger partial charge in [-0.3, -0.25) is 0 Å². The summed E-state index contributed by atoms with van der Waals surface area (Å²) < 4.78 is 37.3. The van der Waals surface area contributed by atoms with Gasteiger partial charge in [-0.15, -0.1) is 0 Å². The standard InChI is InChI=1S/C10H3F2N2S2.3CH3.Sn/c11-5-4-6-10(14-16-13-6)8(9(5)12)7-2-1-3-15-7;;;;/h1-2,4H;3*1H3;. The van der Waals surface area contributed by atoms with E-state index in [1.807, 2.05) is 12.1 Å². The van der Waals surface area contributed by atoms with Crippen LogP contribution in [0.1, 0.15) is 0 Å². The topological polar surface area (TPSA) is 25.8 Å². The zero-order valence-corrected chi connectivity index (χ0v) is 15.7. The van der Waals surface area contributed by atoms with Crippen LogP contribution in [0.15, 0.2) is 18.2 Å². The van der Waals surface area contributed by atoms with E-state index >= 15 is 0 Å². The molecule has 0 radical (unpaired) electrons. The summed E-state index contributed by atoms with van der Waals surface area (Å²) in [5.74, 6) is -1.70. The Balaban J connectivity index is 2.26. The summed E-state index contributed by atoms with van der Waals surface area (Å²) in [6.07, 6.45) is 0. The molecule has 0 aliphatic rings. The van der Waals surface area contributed by atoms with Gasteiger partial charge in [-0.05, 0) is 0 Å². The van der Waals surface area contributed by atoms with Crippen LogP contribution >= 0.6 is 23.1 Å². The fraction of sp³-hybridized carbons (Fsp3) is 0.231. The van der Waals surface area contributed by atoms with E-state index in [0.717, 1.165) is 22.7 Å². The fourth-order valence-corrected chi connectivity index (χ4v) is 8.84. The van der Waals surface area contributed by atoms with Crippen LogP contribution in [0.25, 0.3) is 21.5 Å². The number of nitrogens with zero attached hydrogens (tertiary/aromatic N) is 2. The van der Waals surface area contributed by atoms with Crippen LogP contribution in [0.3, 0.4) is 0 Å². The molecule has 0 amide bonds. The zero-order chi connectivity index (χ0) is 14.5. The first-order chi connectivity index (χ1) is 9.38. The van der Waals surface area contributed by atoms with E-state index in [2.05, 4.69) is 23.6 Å². The Bertz CT molecular complexity index is 789. The van der Waals surface area contributed by atoms with E-state index in [-0.39, 0.29) is 5.56 Å². The average molecular weight is 417 g/mol. The van der Waals surface area contributed by atoms with Crippen molar-refractivity contribution in [3.63, 3.8) is 0 Å². The van der Waals surface area contributed by atoms with Crippen molar-refractivity contribution in [1.29, 1.82) is 0 Å². The molecular formula is C13H12F2N2S2Sn. The molecule has 0 fully saturated rings. The third kappa shape index (κ3) is 2.37. The molecule has 104 valence electrons. The molecule has 0 saturated heterocycles. The van der Waals surface area contributed by atoms with Crippen molar-refractivity contribution in [2.45, 2.75) is 14.8 Å². The SMILES string of the molecule is [CH3][Sn]([CH3])([CH3])[c]1ccc(-c2c(F)c(F)cc3nsnc23)s1. The van der Waals surface area contributed by atoms with Crippen LogP contribution in [0.4, 0.5) is 8.78 Å². The predicted molar refractivity (Wildman–Crippen MR) is 83.6 cm³/mol. The molecule has 0 bridgehead atoms. The van der Waals surface area contributed by atoms with Gasteiger partial charge in [0.05, 0.1) is 0 Å². The van der Waals surface area contributed by atoms with E-state index in [9.17, 15) is 8.78 Å². The van der Waals surface area contributed by atoms with Gasteiger partial charge in [0.1, 0.15) is 0 Å². The Labute approximate surface area is 127 Å². The maximum atomic E-state index is 14.2. The summed E-state index contributed by atoms with van der Waals surface area (Å²) in [5.41, 5.74) is 1.12. The van der Waals surface area contributed by atoms with Crippen molar-refractivity contribution < 1.29 is 8.78 Å². The Kier molecular flexibility index (Phi) is 3.58. The molecule has 2 aromatic heterocycles. The van der Waals surface area contributed by atoms with Crippen LogP contribution in [-0.4, -0.2) is 27.1 Å². The summed E-state index contributed by atoms with van der Waals surface area (Å²) in [7, 11) is 0. The third-order valence-electron chi connectivity index (χ3n) is 3.03. The first kappa shape index (κ1) is 14.3. The number of thiophene rings is 1. The zero-order valence-electron chi connectivity index (χ0n) is 11.2. The van der Waals surface area contributed by atoms with Crippen molar-refractivity contribution in [2.24, 2.45) is 0 Å². The van der Waals surface area contributed by atoms with E-state index in [4.69, 9.17) is 0 Å². The summed E-state index contributed by atoms with van der Waals surface area (Å²) in [4.78, 5) is 7.63. The number of rotatable bonds is 2. The molecule has 0 saturated carbocycles. The van der Waals surface area contributed by atoms with E-state index in [0.29, 0.717) is 11.0 Å². The number of benzene rings is 1. The molecule has 0 atom stereocenters. The minimum atomic E-state index is -2.19. The van der Waals surface area contributed by atoms with Crippen LogP contribution < -0.4 is 2.89 Å². The van der Waals surface area contributed by atoms with Gasteiger partial charge in [0, 0.05) is 0 Å². The van der Waals surface area contributed by atoms with E-state index < -0.39 is 30.0 Å². The van der Waals surface area contributed by atoms with Gasteiger partial charge in [0.25, 0.3) is 0 Å². The Morgan fingerprint density at radius 2 is 1.85 bits per heavy atom. The number of aromatic nitrogens is 2. The maximum absolute atomic E-state index is 14.2. The second-order valence-electron chi connectivity index (χ2n) is 5.59. The van der Waals surface area contributed by atoms with Gasteiger partial charge in [-0.1, -0.05) is 0 Å². The van der Waals surface area contributed by atoms with Crippen LogP contribution in [0, 0.1) is 11.6 Å². The van der Waals surface area contributed by atoms with Gasteiger partial charge < -0.3 is 0 Å². The molecular weight excluding hydrogens is 405 g/mol. The molecule has 0 unspecified atom stereocenters. The first-order valence-corrected chi connectivity index (χ1v) is 17.6. The molecule has 2 heterocycles. The molecule has 0 aliphatic heterocycles. The molecule has 7 heteroatoms. The monoisotopic (exact) mass is 418 g/mol. The first-order valence-electron chi connectivity index (χ1n) is 6.09.